The van der Waals surface area contributed by atoms with Crippen LogP contribution in [-0.4, -0.2) is 38.3 Å². The summed E-state index contributed by atoms with van der Waals surface area (Å²) in [6, 6.07) is 11.7. The highest BCUT2D eigenvalue weighted by atomic mass is 16.5. The standard InChI is InChI=1S/C21H25NO6/c1-5-26-18-11-10-15(12-19(18)27-6-2)21(24)28-14(3)20(23)22-16-8-7-9-17(13-16)25-4/h7-14H,5-6H2,1-4H3,(H,22,23)/t14-/m1/s1. The van der Waals surface area contributed by atoms with Crippen LogP contribution in [0.4, 0.5) is 5.69 Å². The number of methoxy groups -OCH3 is 1. The fraction of sp³-hybridized carbons (Fsp3) is 0.333. The Morgan fingerprint density at radius 3 is 2.39 bits per heavy atom. The number of amides is 1. The number of rotatable bonds is 9. The maximum absolute atomic E-state index is 12.4. The summed E-state index contributed by atoms with van der Waals surface area (Å²) in [5, 5.41) is 2.69. The minimum atomic E-state index is -0.985. The van der Waals surface area contributed by atoms with E-state index in [1.807, 2.05) is 13.8 Å². The van der Waals surface area contributed by atoms with E-state index in [-0.39, 0.29) is 5.56 Å². The first kappa shape index (κ1) is 21.1. The maximum atomic E-state index is 12.4. The van der Waals surface area contributed by atoms with Gasteiger partial charge in [0.1, 0.15) is 5.75 Å². The van der Waals surface area contributed by atoms with Gasteiger partial charge in [0.2, 0.25) is 0 Å². The minimum Gasteiger partial charge on any atom is -0.497 e. The van der Waals surface area contributed by atoms with Crippen LogP contribution >= 0.6 is 0 Å². The van der Waals surface area contributed by atoms with Crippen molar-refractivity contribution in [1.29, 1.82) is 0 Å². The van der Waals surface area contributed by atoms with Crippen molar-refractivity contribution in [3.63, 3.8) is 0 Å². The SMILES string of the molecule is CCOc1ccc(C(=O)O[C@H](C)C(=O)Nc2cccc(OC)c2)cc1OCC. The molecule has 0 unspecified atom stereocenters. The molecule has 0 aliphatic rings. The van der Waals surface area contributed by atoms with Gasteiger partial charge in [-0.25, -0.2) is 4.79 Å². The summed E-state index contributed by atoms with van der Waals surface area (Å²) < 4.78 is 21.4. The average molecular weight is 387 g/mol. The molecule has 0 spiro atoms. The zero-order chi connectivity index (χ0) is 20.5. The van der Waals surface area contributed by atoms with Crippen molar-refractivity contribution in [2.45, 2.75) is 26.9 Å². The monoisotopic (exact) mass is 387 g/mol. The number of hydrogen-bond donors (Lipinski definition) is 1. The Bertz CT molecular complexity index is 820. The molecule has 0 radical (unpaired) electrons. The van der Waals surface area contributed by atoms with Crippen LogP contribution in [0.5, 0.6) is 17.2 Å². The van der Waals surface area contributed by atoms with Crippen LogP contribution in [0.2, 0.25) is 0 Å². The second-order valence-electron chi connectivity index (χ2n) is 5.80. The average Bonchev–Trinajstić information content (AvgIpc) is 2.69. The molecule has 2 aromatic carbocycles. The molecule has 0 fully saturated rings. The Balaban J connectivity index is 2.04. The quantitative estimate of drug-likeness (QED) is 0.661. The molecule has 0 aliphatic carbocycles. The van der Waals surface area contributed by atoms with Crippen molar-refractivity contribution in [1.82, 2.24) is 0 Å². The third-order valence-electron chi connectivity index (χ3n) is 3.77. The van der Waals surface area contributed by atoms with Gasteiger partial charge in [0.05, 0.1) is 25.9 Å². The number of benzene rings is 2. The van der Waals surface area contributed by atoms with Crippen LogP contribution in [0, 0.1) is 0 Å². The second-order valence-corrected chi connectivity index (χ2v) is 5.80. The fourth-order valence-corrected chi connectivity index (χ4v) is 2.40. The zero-order valence-corrected chi connectivity index (χ0v) is 16.5. The third kappa shape index (κ3) is 5.64. The molecule has 0 bridgehead atoms. The molecule has 7 heteroatoms. The van der Waals surface area contributed by atoms with Crippen molar-refractivity contribution in [2.24, 2.45) is 0 Å². The molecule has 0 saturated carbocycles. The van der Waals surface area contributed by atoms with Crippen LogP contribution in [-0.2, 0) is 9.53 Å². The van der Waals surface area contributed by atoms with Gasteiger partial charge >= 0.3 is 5.97 Å². The van der Waals surface area contributed by atoms with E-state index in [0.29, 0.717) is 36.1 Å². The third-order valence-corrected chi connectivity index (χ3v) is 3.77. The Kier molecular flexibility index (Phi) is 7.68. The zero-order valence-electron chi connectivity index (χ0n) is 16.5. The van der Waals surface area contributed by atoms with Crippen LogP contribution in [0.25, 0.3) is 0 Å². The highest BCUT2D eigenvalue weighted by molar-refractivity contribution is 5.97. The molecule has 28 heavy (non-hydrogen) atoms. The molecule has 2 rings (SSSR count). The molecule has 1 amide bonds. The van der Waals surface area contributed by atoms with Crippen LogP contribution in [0.1, 0.15) is 31.1 Å². The van der Waals surface area contributed by atoms with E-state index in [9.17, 15) is 9.59 Å². The Morgan fingerprint density at radius 2 is 1.71 bits per heavy atom. The van der Waals surface area contributed by atoms with Crippen molar-refractivity contribution >= 4 is 17.6 Å². The second kappa shape index (κ2) is 10.2. The first-order chi connectivity index (χ1) is 13.5. The molecule has 1 N–H and O–H groups in total. The normalized spacial score (nSPS) is 11.3. The van der Waals surface area contributed by atoms with Crippen molar-refractivity contribution < 1.29 is 28.5 Å². The predicted octanol–water partition coefficient (Wildman–Crippen LogP) is 3.68. The van der Waals surface area contributed by atoms with E-state index < -0.39 is 18.0 Å². The largest absolute Gasteiger partial charge is 0.497 e. The van der Waals surface area contributed by atoms with Crippen molar-refractivity contribution in [3.05, 3.63) is 48.0 Å². The van der Waals surface area contributed by atoms with E-state index in [1.54, 1.807) is 49.6 Å². The first-order valence-corrected chi connectivity index (χ1v) is 9.04. The van der Waals surface area contributed by atoms with Crippen molar-refractivity contribution in [2.75, 3.05) is 25.6 Å². The van der Waals surface area contributed by atoms with Crippen LogP contribution < -0.4 is 19.5 Å². The Morgan fingerprint density at radius 1 is 1.00 bits per heavy atom. The lowest BCUT2D eigenvalue weighted by Crippen LogP contribution is -2.30. The highest BCUT2D eigenvalue weighted by Crippen LogP contribution is 2.29. The minimum absolute atomic E-state index is 0.271. The molecule has 7 nitrogen and oxygen atoms in total. The van der Waals surface area contributed by atoms with Gasteiger partial charge in [-0.2, -0.15) is 0 Å². The summed E-state index contributed by atoms with van der Waals surface area (Å²) in [6.45, 7) is 6.11. The van der Waals surface area contributed by atoms with Gasteiger partial charge in [-0.1, -0.05) is 6.07 Å². The number of hydrogen-bond acceptors (Lipinski definition) is 6. The summed E-state index contributed by atoms with van der Waals surface area (Å²) >= 11 is 0. The van der Waals surface area contributed by atoms with Gasteiger partial charge in [0.15, 0.2) is 17.6 Å². The Hall–Kier alpha value is -3.22. The van der Waals surface area contributed by atoms with Gasteiger partial charge < -0.3 is 24.3 Å². The number of nitrogens with one attached hydrogen (secondary N) is 1. The topological polar surface area (TPSA) is 83.1 Å². The van der Waals surface area contributed by atoms with Gasteiger partial charge in [0.25, 0.3) is 5.91 Å². The first-order valence-electron chi connectivity index (χ1n) is 9.04. The Labute approximate surface area is 164 Å². The molecule has 0 saturated heterocycles. The number of anilines is 1. The smallest absolute Gasteiger partial charge is 0.339 e. The molecule has 2 aromatic rings. The van der Waals surface area contributed by atoms with E-state index in [4.69, 9.17) is 18.9 Å². The number of esters is 1. The maximum Gasteiger partial charge on any atom is 0.339 e. The van der Waals surface area contributed by atoms with E-state index in [1.165, 1.54) is 6.92 Å². The van der Waals surface area contributed by atoms with Gasteiger partial charge in [-0.3, -0.25) is 4.79 Å². The predicted molar refractivity (Wildman–Crippen MR) is 105 cm³/mol. The molecule has 0 heterocycles. The molecule has 0 aliphatic heterocycles. The van der Waals surface area contributed by atoms with Gasteiger partial charge in [-0.15, -0.1) is 0 Å². The van der Waals surface area contributed by atoms with Gasteiger partial charge in [-0.05, 0) is 51.1 Å². The van der Waals surface area contributed by atoms with E-state index in [0.717, 1.165) is 0 Å². The van der Waals surface area contributed by atoms with Crippen LogP contribution in [0.15, 0.2) is 42.5 Å². The molecule has 1 atom stereocenters. The number of ether oxygens (including phenoxy) is 4. The number of carbonyl (C=O) groups excluding carboxylic acids is 2. The van der Waals surface area contributed by atoms with E-state index in [2.05, 4.69) is 5.32 Å². The summed E-state index contributed by atoms with van der Waals surface area (Å²) in [5.74, 6) is 0.534. The lowest BCUT2D eigenvalue weighted by atomic mass is 10.2. The summed E-state index contributed by atoms with van der Waals surface area (Å²) in [7, 11) is 1.54. The summed E-state index contributed by atoms with van der Waals surface area (Å²) in [4.78, 5) is 24.7. The van der Waals surface area contributed by atoms with E-state index >= 15 is 0 Å². The molecule has 0 aromatic heterocycles. The fourth-order valence-electron chi connectivity index (χ4n) is 2.40. The molecular formula is C21H25NO6. The summed E-state index contributed by atoms with van der Waals surface area (Å²) in [5.41, 5.74) is 0.819. The van der Waals surface area contributed by atoms with Gasteiger partial charge in [0, 0.05) is 11.8 Å². The molecule has 150 valence electrons. The van der Waals surface area contributed by atoms with Crippen molar-refractivity contribution in [3.8, 4) is 17.2 Å². The lowest BCUT2D eigenvalue weighted by Gasteiger charge is -2.15. The lowest BCUT2D eigenvalue weighted by molar-refractivity contribution is -0.123. The number of carbonyl (C=O) groups is 2. The molecular weight excluding hydrogens is 362 g/mol. The highest BCUT2D eigenvalue weighted by Gasteiger charge is 2.20. The summed E-state index contributed by atoms with van der Waals surface area (Å²) in [6.07, 6.45) is -0.985. The van der Waals surface area contributed by atoms with Crippen LogP contribution in [0.3, 0.4) is 0 Å².